The molecule has 0 saturated carbocycles. The quantitative estimate of drug-likeness (QED) is 0.501. The van der Waals surface area contributed by atoms with Crippen LogP contribution in [-0.4, -0.2) is 53.5 Å². The number of aromatic nitrogens is 2. The third-order valence-corrected chi connectivity index (χ3v) is 7.70. The number of ether oxygens (including phenoxy) is 1. The number of aliphatic hydroxyl groups excluding tert-OH is 1. The molecule has 0 spiro atoms. The van der Waals surface area contributed by atoms with Gasteiger partial charge in [0.2, 0.25) is 10.0 Å². The van der Waals surface area contributed by atoms with E-state index in [1.165, 1.54) is 26.3 Å². The maximum Gasteiger partial charge on any atom is 0.324 e. The lowest BCUT2D eigenvalue weighted by Crippen LogP contribution is -2.50. The fourth-order valence-electron chi connectivity index (χ4n) is 3.78. The topological polar surface area (TPSA) is 102 Å². The van der Waals surface area contributed by atoms with Gasteiger partial charge in [0, 0.05) is 20.0 Å². The van der Waals surface area contributed by atoms with E-state index in [0.717, 1.165) is 35.0 Å². The number of carbonyl (C=O) groups is 1. The summed E-state index contributed by atoms with van der Waals surface area (Å²) in [5.74, 6) is 0.173. The number of benzene rings is 1. The molecule has 2 aromatic rings. The fourth-order valence-corrected chi connectivity index (χ4v) is 5.53. The zero-order valence-electron chi connectivity index (χ0n) is 20.1. The van der Waals surface area contributed by atoms with E-state index in [9.17, 15) is 18.3 Å². The lowest BCUT2D eigenvalue weighted by atomic mass is 9.87. The van der Waals surface area contributed by atoms with Crippen molar-refractivity contribution in [3.05, 3.63) is 46.5 Å². The molecule has 0 aliphatic heterocycles. The minimum absolute atomic E-state index is 0.0733. The van der Waals surface area contributed by atoms with E-state index in [0.29, 0.717) is 12.2 Å². The second kappa shape index (κ2) is 11.0. The van der Waals surface area contributed by atoms with Crippen LogP contribution >= 0.6 is 11.6 Å². The van der Waals surface area contributed by atoms with E-state index >= 15 is 0 Å². The molecule has 0 aliphatic carbocycles. The summed E-state index contributed by atoms with van der Waals surface area (Å²) < 4.78 is 34.3. The number of nitrogens with zero attached hydrogens (tertiary/aromatic N) is 3. The first-order valence-corrected chi connectivity index (χ1v) is 12.7. The molecule has 1 aromatic carbocycles. The molecule has 0 fully saturated rings. The van der Waals surface area contributed by atoms with Crippen molar-refractivity contribution in [2.45, 2.75) is 71.0 Å². The first-order valence-electron chi connectivity index (χ1n) is 10.9. The largest absolute Gasteiger partial charge is 0.468 e. The summed E-state index contributed by atoms with van der Waals surface area (Å²) in [6.45, 7) is 7.61. The predicted molar refractivity (Wildman–Crippen MR) is 128 cm³/mol. The minimum atomic E-state index is -3.94. The third kappa shape index (κ3) is 6.15. The van der Waals surface area contributed by atoms with Gasteiger partial charge < -0.3 is 14.4 Å². The van der Waals surface area contributed by atoms with Crippen LogP contribution in [0, 0.1) is 5.41 Å². The molecular formula is C23H34ClN3O5S. The first kappa shape index (κ1) is 27.3. The van der Waals surface area contributed by atoms with Crippen molar-refractivity contribution in [1.82, 2.24) is 13.9 Å². The molecule has 10 heteroatoms. The van der Waals surface area contributed by atoms with Gasteiger partial charge >= 0.3 is 5.97 Å². The minimum Gasteiger partial charge on any atom is -0.468 e. The van der Waals surface area contributed by atoms with Gasteiger partial charge in [-0.2, -0.15) is 4.31 Å². The number of hydrogen-bond donors (Lipinski definition) is 1. The highest BCUT2D eigenvalue weighted by atomic mass is 35.5. The van der Waals surface area contributed by atoms with Crippen molar-refractivity contribution in [2.24, 2.45) is 5.41 Å². The average Bonchev–Trinajstić information content (AvgIpc) is 3.05. The van der Waals surface area contributed by atoms with Crippen LogP contribution in [0.25, 0.3) is 0 Å². The molecule has 1 heterocycles. The molecule has 33 heavy (non-hydrogen) atoms. The van der Waals surface area contributed by atoms with Gasteiger partial charge in [-0.15, -0.1) is 0 Å². The van der Waals surface area contributed by atoms with E-state index in [1.54, 1.807) is 32.9 Å². The van der Waals surface area contributed by atoms with Gasteiger partial charge in [-0.1, -0.05) is 57.8 Å². The highest BCUT2D eigenvalue weighted by Crippen LogP contribution is 2.29. The summed E-state index contributed by atoms with van der Waals surface area (Å²) in [6.07, 6.45) is 2.67. The number of carbonyl (C=O) groups excluding carboxylic acids is 1. The molecule has 2 rings (SSSR count). The van der Waals surface area contributed by atoms with Gasteiger partial charge in [-0.05, 0) is 29.5 Å². The van der Waals surface area contributed by atoms with Crippen LogP contribution in [0.5, 0.6) is 0 Å². The van der Waals surface area contributed by atoms with Crippen molar-refractivity contribution in [3.63, 3.8) is 0 Å². The summed E-state index contributed by atoms with van der Waals surface area (Å²) in [4.78, 5) is 16.8. The highest BCUT2D eigenvalue weighted by Gasteiger charge is 2.41. The normalized spacial score (nSPS) is 13.4. The van der Waals surface area contributed by atoms with Gasteiger partial charge in [0.25, 0.3) is 0 Å². The smallest absolute Gasteiger partial charge is 0.324 e. The second-order valence-corrected chi connectivity index (χ2v) is 11.4. The van der Waals surface area contributed by atoms with Crippen LogP contribution in [0.15, 0.2) is 29.2 Å². The molecule has 0 unspecified atom stereocenters. The average molecular weight is 500 g/mol. The number of likely N-dealkylation sites (N-methyl/N-ethyl adjacent to an activating group) is 1. The Kier molecular flexibility index (Phi) is 9.09. The lowest BCUT2D eigenvalue weighted by molar-refractivity contribution is -0.148. The van der Waals surface area contributed by atoms with Crippen LogP contribution in [0.4, 0.5) is 0 Å². The Morgan fingerprint density at radius 2 is 1.88 bits per heavy atom. The number of imidazole rings is 1. The van der Waals surface area contributed by atoms with E-state index in [1.807, 2.05) is 4.57 Å². The molecule has 0 aliphatic rings. The number of halogens is 1. The number of esters is 1. The molecule has 1 N–H and O–H groups in total. The molecule has 184 valence electrons. The highest BCUT2D eigenvalue weighted by molar-refractivity contribution is 7.89. The molecule has 0 bridgehead atoms. The third-order valence-electron chi connectivity index (χ3n) is 5.56. The zero-order valence-corrected chi connectivity index (χ0v) is 21.7. The lowest BCUT2D eigenvalue weighted by Gasteiger charge is -2.34. The Bertz CT molecular complexity index is 1060. The van der Waals surface area contributed by atoms with E-state index < -0.39 is 27.4 Å². The van der Waals surface area contributed by atoms with E-state index in [2.05, 4.69) is 11.9 Å². The molecule has 8 nitrogen and oxygen atoms in total. The number of aliphatic hydroxyl groups is 1. The van der Waals surface area contributed by atoms with Crippen molar-refractivity contribution < 1.29 is 23.1 Å². The Morgan fingerprint density at radius 3 is 2.36 bits per heavy atom. The van der Waals surface area contributed by atoms with Crippen molar-refractivity contribution in [1.29, 1.82) is 0 Å². The number of aryl methyl sites for hydroxylation is 1. The van der Waals surface area contributed by atoms with Crippen LogP contribution in [0.3, 0.4) is 0 Å². The number of methoxy groups -OCH3 is 1. The molecule has 0 amide bonds. The number of sulfonamides is 1. The predicted octanol–water partition coefficient (Wildman–Crippen LogP) is 3.63. The fraction of sp³-hybridized carbons (Fsp3) is 0.565. The maximum absolute atomic E-state index is 13.2. The van der Waals surface area contributed by atoms with Crippen molar-refractivity contribution in [2.75, 3.05) is 14.2 Å². The van der Waals surface area contributed by atoms with Crippen LogP contribution in [-0.2, 0) is 39.1 Å². The molecular weight excluding hydrogens is 466 g/mol. The summed E-state index contributed by atoms with van der Waals surface area (Å²) >= 11 is 6.20. The standard InChI is InChI=1S/C23H34ClN3O5S/c1-7-8-9-19-25-21(24)18(15-28)27(19)14-16-10-12-17(13-11-16)33(30,31)26(5)20(22(29)32-6)23(2,3)4/h10-13,20,28H,7-9,14-15H2,1-6H3/t20-/m1/s1. The molecule has 1 aromatic heterocycles. The maximum atomic E-state index is 13.2. The summed E-state index contributed by atoms with van der Waals surface area (Å²) in [5, 5.41) is 10.0. The monoisotopic (exact) mass is 499 g/mol. The van der Waals surface area contributed by atoms with Crippen molar-refractivity contribution in [3.8, 4) is 0 Å². The van der Waals surface area contributed by atoms with Crippen LogP contribution < -0.4 is 0 Å². The van der Waals surface area contributed by atoms with Gasteiger partial charge in [-0.3, -0.25) is 4.79 Å². The van der Waals surface area contributed by atoms with Gasteiger partial charge in [0.05, 0.1) is 24.3 Å². The van der Waals surface area contributed by atoms with Crippen LogP contribution in [0.2, 0.25) is 5.15 Å². The summed E-state index contributed by atoms with van der Waals surface area (Å²) in [7, 11) is -1.31. The SMILES string of the molecule is CCCCc1nc(Cl)c(CO)n1Cc1ccc(S(=O)(=O)N(C)[C@H](C(=O)OC)C(C)(C)C)cc1. The van der Waals surface area contributed by atoms with Crippen LogP contribution in [0.1, 0.15) is 57.6 Å². The summed E-state index contributed by atoms with van der Waals surface area (Å²) in [5.41, 5.74) is 0.703. The molecule has 0 radical (unpaired) electrons. The second-order valence-electron chi connectivity index (χ2n) is 9.07. The Hall–Kier alpha value is -1.94. The molecule has 0 saturated heterocycles. The first-order chi connectivity index (χ1) is 15.4. The summed E-state index contributed by atoms with van der Waals surface area (Å²) in [6, 6.07) is 5.48. The Morgan fingerprint density at radius 1 is 1.27 bits per heavy atom. The van der Waals surface area contributed by atoms with Crippen molar-refractivity contribution >= 4 is 27.6 Å². The Balaban J connectivity index is 2.34. The number of rotatable bonds is 10. The zero-order chi connectivity index (χ0) is 25.0. The van der Waals surface area contributed by atoms with Gasteiger partial charge in [0.1, 0.15) is 11.9 Å². The van der Waals surface area contributed by atoms with Gasteiger partial charge in [0.15, 0.2) is 5.15 Å². The van der Waals surface area contributed by atoms with E-state index in [-0.39, 0.29) is 16.7 Å². The Labute approximate surface area is 201 Å². The molecule has 1 atom stereocenters. The number of unbranched alkanes of at least 4 members (excludes halogenated alkanes) is 1. The van der Waals surface area contributed by atoms with Gasteiger partial charge in [-0.25, -0.2) is 13.4 Å². The number of hydrogen-bond acceptors (Lipinski definition) is 6. The van der Waals surface area contributed by atoms with E-state index in [4.69, 9.17) is 16.3 Å².